The molecule has 1 aromatic carbocycles. The van der Waals surface area contributed by atoms with Gasteiger partial charge in [0.05, 0.1) is 7.11 Å². The second kappa shape index (κ2) is 5.83. The van der Waals surface area contributed by atoms with Crippen LogP contribution in [0.5, 0.6) is 5.75 Å². The molecule has 3 rings (SSSR count). The summed E-state index contributed by atoms with van der Waals surface area (Å²) in [6.07, 6.45) is 5.06. The lowest BCUT2D eigenvalue weighted by Crippen LogP contribution is -2.30. The standard InChI is InChI=1S/C16H22N2O2/c1-20-13-6-2-11-3-7-15(14(11)10-13)17-9-8-16(19)18-12-4-5-12/h2,6,10,12,15,17H,3-5,7-9H2,1H3,(H,18,19). The fourth-order valence-corrected chi connectivity index (χ4v) is 2.81. The highest BCUT2D eigenvalue weighted by atomic mass is 16.5. The number of methoxy groups -OCH3 is 1. The number of benzene rings is 1. The van der Waals surface area contributed by atoms with Crippen LogP contribution in [0.4, 0.5) is 0 Å². The number of nitrogens with one attached hydrogen (secondary N) is 2. The van der Waals surface area contributed by atoms with Crippen LogP contribution in [0.1, 0.15) is 42.9 Å². The number of aryl methyl sites for hydroxylation is 1. The number of carbonyl (C=O) groups is 1. The summed E-state index contributed by atoms with van der Waals surface area (Å²) in [7, 11) is 1.70. The SMILES string of the molecule is COc1ccc2c(c1)C(NCCC(=O)NC1CC1)CC2. The maximum absolute atomic E-state index is 11.6. The molecular formula is C16H22N2O2. The second-order valence-corrected chi connectivity index (χ2v) is 5.70. The largest absolute Gasteiger partial charge is 0.497 e. The molecule has 1 saturated carbocycles. The summed E-state index contributed by atoms with van der Waals surface area (Å²) in [5.41, 5.74) is 2.72. The highest BCUT2D eigenvalue weighted by Crippen LogP contribution is 2.33. The van der Waals surface area contributed by atoms with Crippen molar-refractivity contribution in [3.63, 3.8) is 0 Å². The van der Waals surface area contributed by atoms with Gasteiger partial charge in [-0.1, -0.05) is 6.07 Å². The third-order valence-corrected chi connectivity index (χ3v) is 4.12. The van der Waals surface area contributed by atoms with Gasteiger partial charge < -0.3 is 15.4 Å². The second-order valence-electron chi connectivity index (χ2n) is 5.70. The summed E-state index contributed by atoms with van der Waals surface area (Å²) in [4.78, 5) is 11.6. The fourth-order valence-electron chi connectivity index (χ4n) is 2.81. The molecule has 0 aromatic heterocycles. The highest BCUT2D eigenvalue weighted by Gasteiger charge is 2.24. The van der Waals surface area contributed by atoms with Crippen LogP contribution < -0.4 is 15.4 Å². The lowest BCUT2D eigenvalue weighted by molar-refractivity contribution is -0.121. The number of amides is 1. The molecule has 1 atom stereocenters. The number of ether oxygens (including phenoxy) is 1. The Morgan fingerprint density at radius 1 is 1.35 bits per heavy atom. The molecule has 4 nitrogen and oxygen atoms in total. The van der Waals surface area contributed by atoms with Gasteiger partial charge >= 0.3 is 0 Å². The average molecular weight is 274 g/mol. The van der Waals surface area contributed by atoms with Crippen molar-refractivity contribution in [2.45, 2.75) is 44.2 Å². The molecule has 108 valence electrons. The van der Waals surface area contributed by atoms with Crippen molar-refractivity contribution in [3.8, 4) is 5.75 Å². The van der Waals surface area contributed by atoms with Crippen LogP contribution in [-0.4, -0.2) is 25.6 Å². The Balaban J connectivity index is 1.50. The maximum Gasteiger partial charge on any atom is 0.221 e. The van der Waals surface area contributed by atoms with E-state index >= 15 is 0 Å². The minimum Gasteiger partial charge on any atom is -0.497 e. The summed E-state index contributed by atoms with van der Waals surface area (Å²) < 4.78 is 5.29. The Morgan fingerprint density at radius 2 is 2.20 bits per heavy atom. The zero-order valence-corrected chi connectivity index (χ0v) is 11.9. The third kappa shape index (κ3) is 3.12. The van der Waals surface area contributed by atoms with Crippen molar-refractivity contribution < 1.29 is 9.53 Å². The Hall–Kier alpha value is -1.55. The van der Waals surface area contributed by atoms with Crippen molar-refractivity contribution in [3.05, 3.63) is 29.3 Å². The average Bonchev–Trinajstić information content (AvgIpc) is 3.18. The summed E-state index contributed by atoms with van der Waals surface area (Å²) in [6.45, 7) is 0.736. The maximum atomic E-state index is 11.6. The molecule has 20 heavy (non-hydrogen) atoms. The molecule has 2 N–H and O–H groups in total. The molecule has 0 bridgehead atoms. The molecule has 1 amide bonds. The molecule has 1 unspecified atom stereocenters. The Bertz CT molecular complexity index is 497. The quantitative estimate of drug-likeness (QED) is 0.833. The minimum atomic E-state index is 0.170. The minimum absolute atomic E-state index is 0.170. The fraction of sp³-hybridized carbons (Fsp3) is 0.562. The monoisotopic (exact) mass is 274 g/mol. The highest BCUT2D eigenvalue weighted by molar-refractivity contribution is 5.76. The van der Waals surface area contributed by atoms with E-state index in [-0.39, 0.29) is 5.91 Å². The van der Waals surface area contributed by atoms with Crippen molar-refractivity contribution in [2.24, 2.45) is 0 Å². The van der Waals surface area contributed by atoms with Crippen LogP contribution in [0.2, 0.25) is 0 Å². The summed E-state index contributed by atoms with van der Waals surface area (Å²) >= 11 is 0. The molecule has 0 aliphatic heterocycles. The smallest absolute Gasteiger partial charge is 0.221 e. The van der Waals surface area contributed by atoms with E-state index in [9.17, 15) is 4.79 Å². The van der Waals surface area contributed by atoms with Gasteiger partial charge in [0.25, 0.3) is 0 Å². The van der Waals surface area contributed by atoms with Crippen molar-refractivity contribution in [1.29, 1.82) is 0 Å². The van der Waals surface area contributed by atoms with E-state index in [2.05, 4.69) is 22.8 Å². The lowest BCUT2D eigenvalue weighted by atomic mass is 10.1. The first-order valence-electron chi connectivity index (χ1n) is 7.46. The Kier molecular flexibility index (Phi) is 3.92. The molecule has 1 fully saturated rings. The van der Waals surface area contributed by atoms with Crippen molar-refractivity contribution in [1.82, 2.24) is 10.6 Å². The van der Waals surface area contributed by atoms with Crippen LogP contribution in [0, 0.1) is 0 Å². The Labute approximate surface area is 119 Å². The number of hydrogen-bond acceptors (Lipinski definition) is 3. The molecule has 0 radical (unpaired) electrons. The van der Waals surface area contributed by atoms with Gasteiger partial charge in [0.15, 0.2) is 0 Å². The molecular weight excluding hydrogens is 252 g/mol. The molecule has 0 saturated heterocycles. The zero-order valence-electron chi connectivity index (χ0n) is 11.9. The van der Waals surface area contributed by atoms with E-state index in [4.69, 9.17) is 4.74 Å². The van der Waals surface area contributed by atoms with Crippen LogP contribution in [0.3, 0.4) is 0 Å². The summed E-state index contributed by atoms with van der Waals surface area (Å²) in [5.74, 6) is 1.08. The van der Waals surface area contributed by atoms with E-state index in [1.165, 1.54) is 11.1 Å². The normalized spacial score (nSPS) is 20.6. The topological polar surface area (TPSA) is 50.4 Å². The van der Waals surface area contributed by atoms with Gasteiger partial charge in [-0.15, -0.1) is 0 Å². The van der Waals surface area contributed by atoms with Crippen LogP contribution >= 0.6 is 0 Å². The van der Waals surface area contributed by atoms with Gasteiger partial charge in [0.2, 0.25) is 5.91 Å². The molecule has 0 heterocycles. The predicted molar refractivity (Wildman–Crippen MR) is 77.8 cm³/mol. The van der Waals surface area contributed by atoms with Gasteiger partial charge in [-0.05, 0) is 48.9 Å². The predicted octanol–water partition coefficient (Wildman–Crippen LogP) is 1.94. The number of hydrogen-bond donors (Lipinski definition) is 2. The van der Waals surface area contributed by atoms with Gasteiger partial charge in [0.1, 0.15) is 5.75 Å². The number of carbonyl (C=O) groups excluding carboxylic acids is 1. The van der Waals surface area contributed by atoms with E-state index < -0.39 is 0 Å². The molecule has 2 aliphatic rings. The lowest BCUT2D eigenvalue weighted by Gasteiger charge is -2.14. The number of fused-ring (bicyclic) bond motifs is 1. The molecule has 4 heteroatoms. The van der Waals surface area contributed by atoms with E-state index in [1.54, 1.807) is 7.11 Å². The molecule has 2 aliphatic carbocycles. The summed E-state index contributed by atoms with van der Waals surface area (Å²) in [5, 5.41) is 6.51. The van der Waals surface area contributed by atoms with Crippen LogP contribution in [-0.2, 0) is 11.2 Å². The van der Waals surface area contributed by atoms with Crippen molar-refractivity contribution >= 4 is 5.91 Å². The molecule has 1 aromatic rings. The van der Waals surface area contributed by atoms with E-state index in [0.717, 1.165) is 38.0 Å². The Morgan fingerprint density at radius 3 is 2.95 bits per heavy atom. The number of rotatable bonds is 6. The van der Waals surface area contributed by atoms with Crippen molar-refractivity contribution in [2.75, 3.05) is 13.7 Å². The van der Waals surface area contributed by atoms with E-state index in [0.29, 0.717) is 18.5 Å². The first-order valence-corrected chi connectivity index (χ1v) is 7.46. The van der Waals surface area contributed by atoms with Gasteiger partial charge in [-0.3, -0.25) is 4.79 Å². The third-order valence-electron chi connectivity index (χ3n) is 4.12. The van der Waals surface area contributed by atoms with E-state index in [1.807, 2.05) is 6.07 Å². The molecule has 0 spiro atoms. The van der Waals surface area contributed by atoms with Gasteiger partial charge in [0, 0.05) is 25.0 Å². The van der Waals surface area contributed by atoms with Gasteiger partial charge in [-0.2, -0.15) is 0 Å². The van der Waals surface area contributed by atoms with Crippen LogP contribution in [0.25, 0.3) is 0 Å². The van der Waals surface area contributed by atoms with Gasteiger partial charge in [-0.25, -0.2) is 0 Å². The first kappa shape index (κ1) is 13.4. The van der Waals surface area contributed by atoms with Crippen LogP contribution in [0.15, 0.2) is 18.2 Å². The first-order chi connectivity index (χ1) is 9.76. The zero-order chi connectivity index (χ0) is 13.9. The summed E-state index contributed by atoms with van der Waals surface area (Å²) in [6, 6.07) is 7.09.